The second kappa shape index (κ2) is 5.82. The lowest BCUT2D eigenvalue weighted by atomic mass is 10.2. The van der Waals surface area contributed by atoms with Crippen LogP contribution in [0, 0.1) is 11.3 Å². The van der Waals surface area contributed by atoms with E-state index in [1.165, 1.54) is 0 Å². The zero-order chi connectivity index (χ0) is 11.1. The molecule has 15 heavy (non-hydrogen) atoms. The molecule has 0 aliphatic carbocycles. The van der Waals surface area contributed by atoms with Crippen molar-refractivity contribution >= 4 is 5.78 Å². The number of carbonyl (C=O) groups is 1. The summed E-state index contributed by atoms with van der Waals surface area (Å²) in [5, 5.41) is 8.77. The van der Waals surface area contributed by atoms with Crippen molar-refractivity contribution in [1.29, 1.82) is 5.26 Å². The Bertz CT molecular complexity index is 379. The van der Waals surface area contributed by atoms with E-state index < -0.39 is 0 Å². The summed E-state index contributed by atoms with van der Waals surface area (Å²) in [6.07, 6.45) is 1.34. The van der Waals surface area contributed by atoms with Crippen molar-refractivity contribution in [2.45, 2.75) is 19.8 Å². The van der Waals surface area contributed by atoms with Crippen LogP contribution >= 0.6 is 0 Å². The van der Waals surface area contributed by atoms with Crippen LogP contribution in [0.4, 0.5) is 0 Å². The van der Waals surface area contributed by atoms with E-state index in [0.29, 0.717) is 17.7 Å². The van der Waals surface area contributed by atoms with Crippen molar-refractivity contribution in [3.05, 3.63) is 29.8 Å². The summed E-state index contributed by atoms with van der Waals surface area (Å²) in [6, 6.07) is 8.91. The third kappa shape index (κ3) is 3.43. The molecule has 0 aliphatic heterocycles. The maximum atomic E-state index is 11.2. The number of nitrogens with zero attached hydrogens (tertiary/aromatic N) is 1. The molecule has 0 saturated heterocycles. The van der Waals surface area contributed by atoms with Gasteiger partial charge in [-0.1, -0.05) is 19.1 Å². The van der Waals surface area contributed by atoms with Gasteiger partial charge in [0.2, 0.25) is 0 Å². The lowest BCUT2D eigenvalue weighted by molar-refractivity contribution is -0.121. The average Bonchev–Trinajstić information content (AvgIpc) is 2.27. The molecule has 0 unspecified atom stereocenters. The van der Waals surface area contributed by atoms with Gasteiger partial charge in [0.1, 0.15) is 18.4 Å². The molecule has 3 heteroatoms. The van der Waals surface area contributed by atoms with Gasteiger partial charge in [-0.3, -0.25) is 4.79 Å². The summed E-state index contributed by atoms with van der Waals surface area (Å²) in [4.78, 5) is 11.2. The fraction of sp³-hybridized carbons (Fsp3) is 0.333. The standard InChI is InChI=1S/C12H13NO2/c1-2-5-11(14)9-15-12-7-4-3-6-10(12)8-13/h3-4,6-7H,2,5,9H2,1H3. The van der Waals surface area contributed by atoms with Crippen molar-refractivity contribution < 1.29 is 9.53 Å². The predicted molar refractivity (Wildman–Crippen MR) is 56.6 cm³/mol. The van der Waals surface area contributed by atoms with E-state index in [0.717, 1.165) is 6.42 Å². The lowest BCUT2D eigenvalue weighted by Crippen LogP contribution is -2.11. The largest absolute Gasteiger partial charge is 0.484 e. The molecule has 0 N–H and O–H groups in total. The first kappa shape index (κ1) is 11.3. The predicted octanol–water partition coefficient (Wildman–Crippen LogP) is 2.31. The minimum atomic E-state index is 0.0481. The third-order valence-electron chi connectivity index (χ3n) is 1.93. The summed E-state index contributed by atoms with van der Waals surface area (Å²) in [7, 11) is 0. The first-order chi connectivity index (χ1) is 7.27. The van der Waals surface area contributed by atoms with Crippen LogP contribution in [0.3, 0.4) is 0 Å². The van der Waals surface area contributed by atoms with Crippen molar-refractivity contribution in [2.24, 2.45) is 0 Å². The second-order valence-corrected chi connectivity index (χ2v) is 3.19. The molecule has 1 rings (SSSR count). The van der Waals surface area contributed by atoms with E-state index in [1.807, 2.05) is 13.0 Å². The summed E-state index contributed by atoms with van der Waals surface area (Å²) < 4.78 is 5.27. The zero-order valence-corrected chi connectivity index (χ0v) is 8.69. The third-order valence-corrected chi connectivity index (χ3v) is 1.93. The number of carbonyl (C=O) groups excluding carboxylic acids is 1. The fourth-order valence-corrected chi connectivity index (χ4v) is 1.19. The summed E-state index contributed by atoms with van der Waals surface area (Å²) in [5.74, 6) is 0.537. The van der Waals surface area contributed by atoms with E-state index in [2.05, 4.69) is 0 Å². The van der Waals surface area contributed by atoms with Gasteiger partial charge in [0, 0.05) is 6.42 Å². The van der Waals surface area contributed by atoms with Gasteiger partial charge in [0.15, 0.2) is 5.78 Å². The zero-order valence-electron chi connectivity index (χ0n) is 8.69. The highest BCUT2D eigenvalue weighted by Crippen LogP contribution is 2.16. The van der Waals surface area contributed by atoms with Crippen molar-refractivity contribution in [1.82, 2.24) is 0 Å². The van der Waals surface area contributed by atoms with Crippen molar-refractivity contribution in [3.8, 4) is 11.8 Å². The van der Waals surface area contributed by atoms with Crippen LogP contribution in [0.1, 0.15) is 25.3 Å². The van der Waals surface area contributed by atoms with Gasteiger partial charge < -0.3 is 4.74 Å². The summed E-state index contributed by atoms with van der Waals surface area (Å²) >= 11 is 0. The quantitative estimate of drug-likeness (QED) is 0.737. The molecule has 0 aromatic heterocycles. The maximum absolute atomic E-state index is 11.2. The van der Waals surface area contributed by atoms with Crippen LogP contribution in [0.5, 0.6) is 5.75 Å². The van der Waals surface area contributed by atoms with Crippen LogP contribution in [-0.2, 0) is 4.79 Å². The number of ether oxygens (including phenoxy) is 1. The number of rotatable bonds is 5. The molecule has 0 radical (unpaired) electrons. The van der Waals surface area contributed by atoms with Gasteiger partial charge in [-0.2, -0.15) is 5.26 Å². The highest BCUT2D eigenvalue weighted by molar-refractivity contribution is 5.79. The van der Waals surface area contributed by atoms with E-state index >= 15 is 0 Å². The molecule has 3 nitrogen and oxygen atoms in total. The van der Waals surface area contributed by atoms with Gasteiger partial charge in [-0.25, -0.2) is 0 Å². The Balaban J connectivity index is 2.58. The Morgan fingerprint density at radius 2 is 2.20 bits per heavy atom. The first-order valence-corrected chi connectivity index (χ1v) is 4.91. The Kier molecular flexibility index (Phi) is 4.36. The molecule has 0 amide bonds. The van der Waals surface area contributed by atoms with Crippen LogP contribution in [-0.4, -0.2) is 12.4 Å². The molecule has 0 fully saturated rings. The van der Waals surface area contributed by atoms with Crippen molar-refractivity contribution in [3.63, 3.8) is 0 Å². The Labute approximate surface area is 89.3 Å². The van der Waals surface area contributed by atoms with E-state index in [-0.39, 0.29) is 12.4 Å². The topological polar surface area (TPSA) is 50.1 Å². The number of hydrogen-bond acceptors (Lipinski definition) is 3. The number of para-hydroxylation sites is 1. The van der Waals surface area contributed by atoms with Gasteiger partial charge >= 0.3 is 0 Å². The Morgan fingerprint density at radius 1 is 1.47 bits per heavy atom. The molecule has 0 saturated carbocycles. The van der Waals surface area contributed by atoms with Gasteiger partial charge in [-0.05, 0) is 18.6 Å². The summed E-state index contributed by atoms with van der Waals surface area (Å²) in [5.41, 5.74) is 0.460. The normalized spacial score (nSPS) is 9.33. The van der Waals surface area contributed by atoms with Gasteiger partial charge in [0.05, 0.1) is 5.56 Å². The SMILES string of the molecule is CCCC(=O)COc1ccccc1C#N. The van der Waals surface area contributed by atoms with Crippen LogP contribution in [0.25, 0.3) is 0 Å². The lowest BCUT2D eigenvalue weighted by Gasteiger charge is -2.05. The molecule has 78 valence electrons. The first-order valence-electron chi connectivity index (χ1n) is 4.91. The molecule has 1 aromatic rings. The molecule has 0 atom stereocenters. The second-order valence-electron chi connectivity index (χ2n) is 3.19. The molecular weight excluding hydrogens is 190 g/mol. The number of benzene rings is 1. The smallest absolute Gasteiger partial charge is 0.170 e. The molecule has 0 bridgehead atoms. The molecule has 1 aromatic carbocycles. The maximum Gasteiger partial charge on any atom is 0.170 e. The number of ketones is 1. The number of hydrogen-bond donors (Lipinski definition) is 0. The summed E-state index contributed by atoms with van der Waals surface area (Å²) in [6.45, 7) is 1.99. The highest BCUT2D eigenvalue weighted by atomic mass is 16.5. The van der Waals surface area contributed by atoms with E-state index in [9.17, 15) is 4.79 Å². The monoisotopic (exact) mass is 203 g/mol. The number of Topliss-reactive ketones (excluding diaryl/α,β-unsaturated/α-hetero) is 1. The Morgan fingerprint density at radius 3 is 2.87 bits per heavy atom. The minimum absolute atomic E-state index is 0.0481. The fourth-order valence-electron chi connectivity index (χ4n) is 1.19. The molecule has 0 heterocycles. The molecular formula is C12H13NO2. The molecule has 0 spiro atoms. The Hall–Kier alpha value is -1.82. The van der Waals surface area contributed by atoms with Gasteiger partial charge in [0.25, 0.3) is 0 Å². The van der Waals surface area contributed by atoms with Crippen LogP contribution < -0.4 is 4.74 Å². The minimum Gasteiger partial charge on any atom is -0.484 e. The highest BCUT2D eigenvalue weighted by Gasteiger charge is 2.04. The van der Waals surface area contributed by atoms with Crippen molar-refractivity contribution in [2.75, 3.05) is 6.61 Å². The average molecular weight is 203 g/mol. The van der Waals surface area contributed by atoms with E-state index in [1.54, 1.807) is 24.3 Å². The van der Waals surface area contributed by atoms with E-state index in [4.69, 9.17) is 10.00 Å². The molecule has 0 aliphatic rings. The van der Waals surface area contributed by atoms with Crippen LogP contribution in [0.15, 0.2) is 24.3 Å². The number of nitriles is 1. The van der Waals surface area contributed by atoms with Crippen LogP contribution in [0.2, 0.25) is 0 Å². The van der Waals surface area contributed by atoms with Gasteiger partial charge in [-0.15, -0.1) is 0 Å².